The van der Waals surface area contributed by atoms with Crippen molar-refractivity contribution >= 4 is 30.2 Å². The van der Waals surface area contributed by atoms with Crippen LogP contribution >= 0.6 is 14.3 Å². The third-order valence-corrected chi connectivity index (χ3v) is 14.1. The molecule has 3 aromatic carbocycles. The molecular weight excluding hydrogens is 510 g/mol. The quantitative estimate of drug-likeness (QED) is 0.296. The molecule has 0 spiro atoms. The van der Waals surface area contributed by atoms with Crippen LogP contribution in [0.15, 0.2) is 115 Å². The molecule has 1 aliphatic carbocycles. The highest BCUT2D eigenvalue weighted by molar-refractivity contribution is 7.78. The van der Waals surface area contributed by atoms with Crippen molar-refractivity contribution < 1.29 is 18.6 Å². The van der Waals surface area contributed by atoms with Crippen LogP contribution in [-0.2, 0) is 18.6 Å². The number of hydrogen-bond acceptors (Lipinski definition) is 4. The fraction of sp³-hybridized carbons (Fsp3) is 0.312. The predicted molar refractivity (Wildman–Crippen MR) is 158 cm³/mol. The zero-order valence-corrected chi connectivity index (χ0v) is 24.1. The van der Waals surface area contributed by atoms with E-state index in [9.17, 15) is 4.57 Å². The second-order valence-electron chi connectivity index (χ2n) is 10.7. The Bertz CT molecular complexity index is 1350. The van der Waals surface area contributed by atoms with E-state index in [1.165, 1.54) is 0 Å². The maximum absolute atomic E-state index is 15.1. The van der Waals surface area contributed by atoms with E-state index in [0.717, 1.165) is 27.6 Å². The van der Waals surface area contributed by atoms with Gasteiger partial charge in [-0.25, -0.2) is 0 Å². The minimum atomic E-state index is -3.07. The highest BCUT2D eigenvalue weighted by Crippen LogP contribution is 2.59. The van der Waals surface area contributed by atoms with Gasteiger partial charge in [-0.2, -0.15) is 0 Å². The monoisotopic (exact) mass is 546 g/mol. The molecule has 2 aliphatic rings. The molecule has 4 atom stereocenters. The fourth-order valence-corrected chi connectivity index (χ4v) is 11.8. The van der Waals surface area contributed by atoms with Crippen LogP contribution < -0.4 is 15.9 Å². The van der Waals surface area contributed by atoms with Gasteiger partial charge >= 0.3 is 0 Å². The summed E-state index contributed by atoms with van der Waals surface area (Å²) in [5, 5.41) is 3.37. The van der Waals surface area contributed by atoms with Crippen LogP contribution in [0.25, 0.3) is 0 Å². The second-order valence-corrected chi connectivity index (χ2v) is 16.5. The van der Waals surface area contributed by atoms with Crippen LogP contribution in [0.5, 0.6) is 0 Å². The molecular formula is C32H36O4P2. The Morgan fingerprint density at radius 2 is 1.13 bits per heavy atom. The van der Waals surface area contributed by atoms with Crippen molar-refractivity contribution in [3.63, 3.8) is 0 Å². The Balaban J connectivity index is 1.55. The Hall–Kier alpha value is -2.48. The SMILES string of the molecule is CC1CC=CC=C1P(=O)(CC1OC(C)(C)OC1CP(=O)(c1ccccc1)c1ccccc1)c1ccccc1. The van der Waals surface area contributed by atoms with E-state index < -0.39 is 32.3 Å². The lowest BCUT2D eigenvalue weighted by molar-refractivity contribution is -0.142. The molecule has 3 aromatic rings. The summed E-state index contributed by atoms with van der Waals surface area (Å²) in [5.41, 5.74) is 0. The standard InChI is InChI=1S/C32H36O4P2/c1-25-15-13-14-22-31(25)38(34,28-20-11-6-12-21-28)24-30-29(35-32(2,3)36-30)23-37(33,26-16-7-4-8-17-26)27-18-9-5-10-19-27/h4-14,16-22,25,29-30H,15,23-24H2,1-3H3. The molecule has 0 aromatic heterocycles. The number of ether oxygens (including phenoxy) is 2. The van der Waals surface area contributed by atoms with Gasteiger partial charge in [0.15, 0.2) is 5.79 Å². The first-order valence-electron chi connectivity index (χ1n) is 13.3. The van der Waals surface area contributed by atoms with Crippen molar-refractivity contribution in [2.45, 2.75) is 45.2 Å². The first-order chi connectivity index (χ1) is 18.2. The van der Waals surface area contributed by atoms with Gasteiger partial charge in [0, 0.05) is 28.2 Å². The van der Waals surface area contributed by atoms with Crippen LogP contribution in [-0.4, -0.2) is 30.3 Å². The van der Waals surface area contributed by atoms with Gasteiger partial charge in [-0.05, 0) is 31.5 Å². The first kappa shape index (κ1) is 27.1. The lowest BCUT2D eigenvalue weighted by Gasteiger charge is -2.31. The van der Waals surface area contributed by atoms with Crippen LogP contribution in [0, 0.1) is 5.92 Å². The Labute approximate surface area is 226 Å². The molecule has 1 aliphatic heterocycles. The van der Waals surface area contributed by atoms with E-state index in [1.807, 2.05) is 117 Å². The van der Waals surface area contributed by atoms with Gasteiger partial charge in [-0.1, -0.05) is 116 Å². The van der Waals surface area contributed by atoms with Crippen molar-refractivity contribution in [3.05, 3.63) is 115 Å². The minimum Gasteiger partial charge on any atom is -0.344 e. The molecule has 0 saturated carbocycles. The summed E-state index contributed by atoms with van der Waals surface area (Å²) >= 11 is 0. The topological polar surface area (TPSA) is 52.6 Å². The zero-order chi connectivity index (χ0) is 26.8. The second kappa shape index (κ2) is 10.9. The first-order valence-corrected chi connectivity index (χ1v) is 17.1. The number of hydrogen-bond donors (Lipinski definition) is 0. The Morgan fingerprint density at radius 1 is 0.711 bits per heavy atom. The van der Waals surface area contributed by atoms with Crippen LogP contribution in [0.1, 0.15) is 27.2 Å². The van der Waals surface area contributed by atoms with Gasteiger partial charge in [0.2, 0.25) is 0 Å². The van der Waals surface area contributed by atoms with E-state index in [2.05, 4.69) is 13.0 Å². The largest absolute Gasteiger partial charge is 0.344 e. The third-order valence-electron chi connectivity index (χ3n) is 7.49. The van der Waals surface area contributed by atoms with Crippen molar-refractivity contribution in [3.8, 4) is 0 Å². The summed E-state index contributed by atoms with van der Waals surface area (Å²) in [4.78, 5) is 0. The highest BCUT2D eigenvalue weighted by Gasteiger charge is 2.48. The van der Waals surface area contributed by atoms with Crippen molar-refractivity contribution in [1.29, 1.82) is 0 Å². The normalized spacial score (nSPS) is 24.5. The average molecular weight is 547 g/mol. The van der Waals surface area contributed by atoms with E-state index in [4.69, 9.17) is 9.47 Å². The highest BCUT2D eigenvalue weighted by atomic mass is 31.2. The van der Waals surface area contributed by atoms with Gasteiger partial charge in [0.1, 0.15) is 14.3 Å². The smallest absolute Gasteiger partial charge is 0.163 e. The zero-order valence-electron chi connectivity index (χ0n) is 22.3. The third kappa shape index (κ3) is 5.47. The molecule has 0 amide bonds. The lowest BCUT2D eigenvalue weighted by atomic mass is 10.0. The van der Waals surface area contributed by atoms with Crippen LogP contribution in [0.4, 0.5) is 0 Å². The van der Waals surface area contributed by atoms with Gasteiger partial charge in [-0.3, -0.25) is 0 Å². The number of benzene rings is 3. The van der Waals surface area contributed by atoms with Crippen LogP contribution in [0.3, 0.4) is 0 Å². The van der Waals surface area contributed by atoms with Gasteiger partial charge in [-0.15, -0.1) is 0 Å². The molecule has 198 valence electrons. The molecule has 38 heavy (non-hydrogen) atoms. The molecule has 6 heteroatoms. The molecule has 1 saturated heterocycles. The van der Waals surface area contributed by atoms with Gasteiger partial charge in [0.05, 0.1) is 12.2 Å². The summed E-state index contributed by atoms with van der Waals surface area (Å²) < 4.78 is 42.9. The molecule has 1 fully saturated rings. The van der Waals surface area contributed by atoms with Crippen LogP contribution in [0.2, 0.25) is 0 Å². The number of rotatable bonds is 8. The van der Waals surface area contributed by atoms with E-state index in [-0.39, 0.29) is 12.1 Å². The van der Waals surface area contributed by atoms with E-state index in [0.29, 0.717) is 6.16 Å². The predicted octanol–water partition coefficient (Wildman–Crippen LogP) is 6.69. The maximum Gasteiger partial charge on any atom is 0.163 e. The molecule has 4 unspecified atom stereocenters. The van der Waals surface area contributed by atoms with Crippen molar-refractivity contribution in [2.24, 2.45) is 5.92 Å². The Kier molecular flexibility index (Phi) is 7.81. The molecule has 1 heterocycles. The molecule has 0 N–H and O–H groups in total. The summed E-state index contributed by atoms with van der Waals surface area (Å²) in [7, 11) is -6.11. The molecule has 0 radical (unpaired) electrons. The summed E-state index contributed by atoms with van der Waals surface area (Å²) in [6.45, 7) is 5.90. The molecule has 0 bridgehead atoms. The van der Waals surface area contributed by atoms with Gasteiger partial charge in [0.25, 0.3) is 0 Å². The minimum absolute atomic E-state index is 0.166. The lowest BCUT2D eigenvalue weighted by Crippen LogP contribution is -2.35. The summed E-state index contributed by atoms with van der Waals surface area (Å²) in [6.07, 6.45) is 6.64. The van der Waals surface area contributed by atoms with Crippen molar-refractivity contribution in [2.75, 3.05) is 12.3 Å². The molecule has 4 nitrogen and oxygen atoms in total. The fourth-order valence-electron chi connectivity index (χ4n) is 5.66. The summed E-state index contributed by atoms with van der Waals surface area (Å²) in [6, 6.07) is 29.0. The van der Waals surface area contributed by atoms with E-state index >= 15 is 4.57 Å². The molecule has 5 rings (SSSR count). The van der Waals surface area contributed by atoms with E-state index in [1.54, 1.807) is 0 Å². The summed E-state index contributed by atoms with van der Waals surface area (Å²) in [5.74, 6) is -0.707. The maximum atomic E-state index is 15.1. The average Bonchev–Trinajstić information content (AvgIpc) is 3.22. The van der Waals surface area contributed by atoms with Crippen molar-refractivity contribution in [1.82, 2.24) is 0 Å². The Morgan fingerprint density at radius 3 is 1.58 bits per heavy atom. The number of allylic oxidation sites excluding steroid dienone is 4. The van der Waals surface area contributed by atoms with Gasteiger partial charge < -0.3 is 18.6 Å².